The number of nitriles is 1. The van der Waals surface area contributed by atoms with Crippen molar-refractivity contribution in [2.45, 2.75) is 32.4 Å². The monoisotopic (exact) mass is 236 g/mol. The van der Waals surface area contributed by atoms with Crippen LogP contribution in [0.1, 0.15) is 30.9 Å². The van der Waals surface area contributed by atoms with Crippen LogP contribution in [0, 0.1) is 17.1 Å². The van der Waals surface area contributed by atoms with Crippen LogP contribution in [-0.4, -0.2) is 17.8 Å². The fraction of sp³-hybridized carbons (Fsp3) is 0.462. The lowest BCUT2D eigenvalue weighted by molar-refractivity contribution is 0.261. The van der Waals surface area contributed by atoms with Gasteiger partial charge in [0.1, 0.15) is 5.82 Å². The molecule has 0 aliphatic heterocycles. The predicted molar refractivity (Wildman–Crippen MR) is 63.7 cm³/mol. The van der Waals surface area contributed by atoms with Gasteiger partial charge < -0.3 is 10.4 Å². The fourth-order valence-electron chi connectivity index (χ4n) is 1.64. The topological polar surface area (TPSA) is 56.0 Å². The molecule has 0 bridgehead atoms. The number of nitrogens with zero attached hydrogens (tertiary/aromatic N) is 1. The highest BCUT2D eigenvalue weighted by atomic mass is 19.1. The van der Waals surface area contributed by atoms with E-state index in [0.717, 1.165) is 6.42 Å². The molecule has 1 rings (SSSR count). The average molecular weight is 236 g/mol. The maximum absolute atomic E-state index is 13.4. The summed E-state index contributed by atoms with van der Waals surface area (Å²) in [5.74, 6) is -0.310. The third-order valence-electron chi connectivity index (χ3n) is 2.73. The Bertz CT molecular complexity index is 401. The molecule has 2 N–H and O–H groups in total. The lowest BCUT2D eigenvalue weighted by Gasteiger charge is -2.16. The lowest BCUT2D eigenvalue weighted by Crippen LogP contribution is -2.29. The van der Waals surface area contributed by atoms with Crippen molar-refractivity contribution < 1.29 is 9.50 Å². The van der Waals surface area contributed by atoms with E-state index in [1.807, 2.05) is 13.0 Å². The Hall–Kier alpha value is -1.44. The number of aliphatic hydroxyl groups is 1. The molecule has 3 nitrogen and oxygen atoms in total. The highest BCUT2D eigenvalue weighted by Crippen LogP contribution is 2.10. The Morgan fingerprint density at radius 3 is 2.88 bits per heavy atom. The molecule has 17 heavy (non-hydrogen) atoms. The first kappa shape index (κ1) is 13.6. The van der Waals surface area contributed by atoms with Gasteiger partial charge in [-0.25, -0.2) is 4.39 Å². The van der Waals surface area contributed by atoms with Crippen molar-refractivity contribution in [1.29, 1.82) is 5.26 Å². The first-order valence-corrected chi connectivity index (χ1v) is 5.74. The van der Waals surface area contributed by atoms with Crippen LogP contribution >= 0.6 is 0 Å². The molecule has 0 aliphatic carbocycles. The van der Waals surface area contributed by atoms with Crippen LogP contribution in [0.5, 0.6) is 0 Å². The molecule has 4 heteroatoms. The van der Waals surface area contributed by atoms with Crippen LogP contribution in [0.2, 0.25) is 0 Å². The van der Waals surface area contributed by atoms with Gasteiger partial charge in [0.05, 0.1) is 11.6 Å². The number of benzene rings is 1. The van der Waals surface area contributed by atoms with E-state index in [1.165, 1.54) is 12.1 Å². The van der Waals surface area contributed by atoms with Crippen LogP contribution < -0.4 is 5.32 Å². The van der Waals surface area contributed by atoms with E-state index < -0.39 is 0 Å². The molecular formula is C13H17FN2O. The number of rotatable bonds is 6. The first-order valence-electron chi connectivity index (χ1n) is 5.74. The molecule has 0 aromatic heterocycles. The number of hydrogen-bond acceptors (Lipinski definition) is 3. The van der Waals surface area contributed by atoms with E-state index in [-0.39, 0.29) is 18.5 Å². The minimum absolute atomic E-state index is 0.117. The Balaban J connectivity index is 2.65. The molecular weight excluding hydrogens is 219 g/mol. The molecule has 0 radical (unpaired) electrons. The highest BCUT2D eigenvalue weighted by molar-refractivity contribution is 5.33. The Morgan fingerprint density at radius 1 is 1.53 bits per heavy atom. The third-order valence-corrected chi connectivity index (χ3v) is 2.73. The summed E-state index contributed by atoms with van der Waals surface area (Å²) >= 11 is 0. The minimum atomic E-state index is -0.310. The average Bonchev–Trinajstić information content (AvgIpc) is 2.36. The van der Waals surface area contributed by atoms with Gasteiger partial charge in [-0.1, -0.05) is 6.92 Å². The van der Waals surface area contributed by atoms with Crippen molar-refractivity contribution in [3.8, 4) is 6.07 Å². The zero-order valence-electron chi connectivity index (χ0n) is 9.91. The van der Waals surface area contributed by atoms with Gasteiger partial charge in [0.25, 0.3) is 0 Å². The normalized spacial score (nSPS) is 12.1. The zero-order valence-corrected chi connectivity index (χ0v) is 9.91. The lowest BCUT2D eigenvalue weighted by atomic mass is 10.1. The molecule has 0 amide bonds. The van der Waals surface area contributed by atoms with Gasteiger partial charge in [0.2, 0.25) is 0 Å². The smallest absolute Gasteiger partial charge is 0.127 e. The van der Waals surface area contributed by atoms with Gasteiger partial charge in [0, 0.05) is 24.8 Å². The fourth-order valence-corrected chi connectivity index (χ4v) is 1.64. The van der Waals surface area contributed by atoms with Crippen molar-refractivity contribution >= 4 is 0 Å². The van der Waals surface area contributed by atoms with Crippen molar-refractivity contribution in [2.24, 2.45) is 0 Å². The summed E-state index contributed by atoms with van der Waals surface area (Å²) in [6, 6.07) is 6.48. The van der Waals surface area contributed by atoms with Crippen LogP contribution in [0.3, 0.4) is 0 Å². The van der Waals surface area contributed by atoms with Crippen LogP contribution in [-0.2, 0) is 6.54 Å². The zero-order chi connectivity index (χ0) is 12.7. The molecule has 0 heterocycles. The van der Waals surface area contributed by atoms with E-state index >= 15 is 0 Å². The SMILES string of the molecule is CCC(CCO)NCc1cc(C#N)ccc1F. The van der Waals surface area contributed by atoms with Gasteiger partial charge in [-0.05, 0) is 31.0 Å². The largest absolute Gasteiger partial charge is 0.396 e. The van der Waals surface area contributed by atoms with Gasteiger partial charge in [0.15, 0.2) is 0 Å². The molecule has 0 saturated carbocycles. The van der Waals surface area contributed by atoms with E-state index in [0.29, 0.717) is 24.1 Å². The standard InChI is InChI=1S/C13H17FN2O/c1-2-12(5-6-17)16-9-11-7-10(8-15)3-4-13(11)14/h3-4,7,12,16-17H,2,5-6,9H2,1H3. The molecule has 1 atom stereocenters. The van der Waals surface area contributed by atoms with Gasteiger partial charge in [-0.15, -0.1) is 0 Å². The summed E-state index contributed by atoms with van der Waals surface area (Å²) in [5.41, 5.74) is 0.943. The Labute approximate surface area is 101 Å². The van der Waals surface area contributed by atoms with Gasteiger partial charge >= 0.3 is 0 Å². The number of nitrogens with one attached hydrogen (secondary N) is 1. The summed E-state index contributed by atoms with van der Waals surface area (Å²) in [6.07, 6.45) is 1.52. The molecule has 92 valence electrons. The van der Waals surface area contributed by atoms with Crippen molar-refractivity contribution in [3.63, 3.8) is 0 Å². The van der Waals surface area contributed by atoms with Crippen LogP contribution in [0.4, 0.5) is 4.39 Å². The second-order valence-corrected chi connectivity index (χ2v) is 3.92. The van der Waals surface area contributed by atoms with Crippen molar-refractivity contribution in [2.75, 3.05) is 6.61 Å². The molecule has 0 saturated heterocycles. The second-order valence-electron chi connectivity index (χ2n) is 3.92. The number of hydrogen-bond donors (Lipinski definition) is 2. The first-order chi connectivity index (χ1) is 8.21. The van der Waals surface area contributed by atoms with Gasteiger partial charge in [-0.3, -0.25) is 0 Å². The van der Waals surface area contributed by atoms with Crippen LogP contribution in [0.15, 0.2) is 18.2 Å². The maximum Gasteiger partial charge on any atom is 0.127 e. The molecule has 1 aromatic rings. The third kappa shape index (κ3) is 4.14. The highest BCUT2D eigenvalue weighted by Gasteiger charge is 2.08. The quantitative estimate of drug-likeness (QED) is 0.793. The molecule has 0 fully saturated rings. The maximum atomic E-state index is 13.4. The van der Waals surface area contributed by atoms with Gasteiger partial charge in [-0.2, -0.15) is 5.26 Å². The Morgan fingerprint density at radius 2 is 2.29 bits per heavy atom. The second kappa shape index (κ2) is 7.00. The van der Waals surface area contributed by atoms with E-state index in [4.69, 9.17) is 10.4 Å². The summed E-state index contributed by atoms with van der Waals surface area (Å²) in [6.45, 7) is 2.50. The van der Waals surface area contributed by atoms with E-state index in [1.54, 1.807) is 6.07 Å². The van der Waals surface area contributed by atoms with Crippen molar-refractivity contribution in [1.82, 2.24) is 5.32 Å². The number of aliphatic hydroxyl groups excluding tert-OH is 1. The summed E-state index contributed by atoms with van der Waals surface area (Å²) in [4.78, 5) is 0. The Kier molecular flexibility index (Phi) is 5.61. The molecule has 1 aromatic carbocycles. The predicted octanol–water partition coefficient (Wildman–Crippen LogP) is 1.95. The van der Waals surface area contributed by atoms with Crippen molar-refractivity contribution in [3.05, 3.63) is 35.1 Å². The van der Waals surface area contributed by atoms with E-state index in [2.05, 4.69) is 5.32 Å². The van der Waals surface area contributed by atoms with E-state index in [9.17, 15) is 4.39 Å². The summed E-state index contributed by atoms with van der Waals surface area (Å²) in [5, 5.41) is 20.7. The van der Waals surface area contributed by atoms with Crippen LogP contribution in [0.25, 0.3) is 0 Å². The number of halogens is 1. The minimum Gasteiger partial charge on any atom is -0.396 e. The summed E-state index contributed by atoms with van der Waals surface area (Å²) < 4.78 is 13.4. The molecule has 1 unspecified atom stereocenters. The molecule has 0 aliphatic rings. The summed E-state index contributed by atoms with van der Waals surface area (Å²) in [7, 11) is 0. The molecule has 0 spiro atoms.